The molecule has 1 aromatic carbocycles. The van der Waals surface area contributed by atoms with Crippen molar-refractivity contribution >= 4 is 35.6 Å². The van der Waals surface area contributed by atoms with E-state index in [1.165, 1.54) is 0 Å². The third-order valence-electron chi connectivity index (χ3n) is 1.94. The molecular formula is C8H6N4O6. The van der Waals surface area contributed by atoms with Crippen molar-refractivity contribution in [2.45, 2.75) is 0 Å². The normalized spacial score (nSPS) is 9.33. The van der Waals surface area contributed by atoms with Crippen LogP contribution >= 0.6 is 0 Å². The summed E-state index contributed by atoms with van der Waals surface area (Å²) in [6.07, 6.45) is 0.359. The minimum Gasteiger partial charge on any atom is -0.323 e. The van der Waals surface area contributed by atoms with Gasteiger partial charge in [0.25, 0.3) is 11.4 Å². The molecule has 1 rings (SSSR count). The van der Waals surface area contributed by atoms with Crippen molar-refractivity contribution in [1.82, 2.24) is 0 Å². The van der Waals surface area contributed by atoms with Crippen molar-refractivity contribution in [3.63, 3.8) is 0 Å². The lowest BCUT2D eigenvalue weighted by molar-refractivity contribution is -0.393. The van der Waals surface area contributed by atoms with Gasteiger partial charge in [-0.3, -0.25) is 29.8 Å². The van der Waals surface area contributed by atoms with Gasteiger partial charge in [0, 0.05) is 0 Å². The highest BCUT2D eigenvalue weighted by Gasteiger charge is 2.24. The zero-order valence-electron chi connectivity index (χ0n) is 8.65. The van der Waals surface area contributed by atoms with Crippen LogP contribution in [-0.4, -0.2) is 22.7 Å². The predicted octanol–water partition coefficient (Wildman–Crippen LogP) is 0.640. The third kappa shape index (κ3) is 2.55. The molecule has 0 saturated heterocycles. The highest BCUT2D eigenvalue weighted by atomic mass is 16.6. The maximum Gasteiger partial charge on any atom is 0.299 e. The van der Waals surface area contributed by atoms with Gasteiger partial charge in [-0.1, -0.05) is 0 Å². The molecule has 0 aliphatic carbocycles. The van der Waals surface area contributed by atoms with Gasteiger partial charge in [-0.2, -0.15) is 0 Å². The second-order valence-corrected chi connectivity index (χ2v) is 2.93. The van der Waals surface area contributed by atoms with E-state index < -0.39 is 21.2 Å². The molecule has 0 aliphatic heterocycles. The maximum absolute atomic E-state index is 10.7. The number of nitrogens with one attached hydrogen (secondary N) is 2. The zero-order valence-corrected chi connectivity index (χ0v) is 8.65. The van der Waals surface area contributed by atoms with Gasteiger partial charge in [0.05, 0.1) is 15.9 Å². The molecule has 10 nitrogen and oxygen atoms in total. The molecule has 0 bridgehead atoms. The maximum atomic E-state index is 10.7. The van der Waals surface area contributed by atoms with Crippen LogP contribution in [-0.2, 0) is 9.59 Å². The van der Waals surface area contributed by atoms with Gasteiger partial charge in [-0.05, 0) is 6.07 Å². The summed E-state index contributed by atoms with van der Waals surface area (Å²) in [6.45, 7) is 0. The van der Waals surface area contributed by atoms with Gasteiger partial charge in [0.1, 0.15) is 11.4 Å². The number of hydrogen-bond donors (Lipinski definition) is 2. The molecule has 0 saturated carbocycles. The number of nitrogens with zero attached hydrogens (tertiary/aromatic N) is 2. The molecule has 0 fully saturated rings. The number of benzene rings is 1. The summed E-state index contributed by atoms with van der Waals surface area (Å²) < 4.78 is 0. The lowest BCUT2D eigenvalue weighted by atomic mass is 10.2. The first-order chi connectivity index (χ1) is 8.51. The number of carbonyl (C=O) groups is 2. The van der Waals surface area contributed by atoms with Crippen molar-refractivity contribution in [3.8, 4) is 0 Å². The molecule has 94 valence electrons. The molecule has 0 atom stereocenters. The molecule has 2 amide bonds. The van der Waals surface area contributed by atoms with E-state index in [4.69, 9.17) is 0 Å². The van der Waals surface area contributed by atoms with E-state index in [1.807, 2.05) is 10.6 Å². The summed E-state index contributed by atoms with van der Waals surface area (Å²) in [6, 6.07) is 1.58. The fourth-order valence-electron chi connectivity index (χ4n) is 1.24. The second kappa shape index (κ2) is 5.34. The Balaban J connectivity index is 3.48. The molecule has 18 heavy (non-hydrogen) atoms. The van der Waals surface area contributed by atoms with Crippen molar-refractivity contribution in [2.24, 2.45) is 0 Å². The van der Waals surface area contributed by atoms with Gasteiger partial charge in [-0.15, -0.1) is 0 Å². The highest BCUT2D eigenvalue weighted by molar-refractivity contribution is 5.87. The minimum atomic E-state index is -0.885. The quantitative estimate of drug-likeness (QED) is 0.432. The van der Waals surface area contributed by atoms with Gasteiger partial charge in [0.2, 0.25) is 12.8 Å². The Bertz CT molecular complexity index is 485. The van der Waals surface area contributed by atoms with E-state index in [2.05, 4.69) is 0 Å². The van der Waals surface area contributed by atoms with Crippen LogP contribution in [0.4, 0.5) is 22.7 Å². The highest BCUT2D eigenvalue weighted by Crippen LogP contribution is 2.35. The van der Waals surface area contributed by atoms with Crippen molar-refractivity contribution < 1.29 is 19.4 Å². The molecule has 0 aliphatic rings. The Hall–Kier alpha value is -3.04. The van der Waals surface area contributed by atoms with Crippen LogP contribution in [0.25, 0.3) is 0 Å². The first-order valence-corrected chi connectivity index (χ1v) is 4.38. The summed E-state index contributed by atoms with van der Waals surface area (Å²) in [7, 11) is 0. The Kier molecular flexibility index (Phi) is 3.86. The average Bonchev–Trinajstić information content (AvgIpc) is 2.29. The van der Waals surface area contributed by atoms with Crippen LogP contribution in [0.3, 0.4) is 0 Å². The van der Waals surface area contributed by atoms with Crippen molar-refractivity contribution in [3.05, 3.63) is 32.4 Å². The molecular weight excluding hydrogens is 248 g/mol. The van der Waals surface area contributed by atoms with Crippen LogP contribution < -0.4 is 10.6 Å². The lowest BCUT2D eigenvalue weighted by Crippen LogP contribution is -2.05. The Morgan fingerprint density at radius 1 is 0.889 bits per heavy atom. The Morgan fingerprint density at radius 2 is 1.28 bits per heavy atom. The summed E-state index contributed by atoms with van der Waals surface area (Å²) >= 11 is 0. The van der Waals surface area contributed by atoms with Crippen LogP contribution in [0.2, 0.25) is 0 Å². The van der Waals surface area contributed by atoms with Crippen LogP contribution in [0.5, 0.6) is 0 Å². The number of rotatable bonds is 6. The van der Waals surface area contributed by atoms with Crippen LogP contribution in [0.1, 0.15) is 0 Å². The summed E-state index contributed by atoms with van der Waals surface area (Å²) in [5.41, 5.74) is -1.81. The monoisotopic (exact) mass is 254 g/mol. The van der Waals surface area contributed by atoms with E-state index in [-0.39, 0.29) is 24.2 Å². The van der Waals surface area contributed by atoms with E-state index in [1.54, 1.807) is 0 Å². The minimum absolute atomic E-state index is 0.179. The first kappa shape index (κ1) is 13.0. The number of carbonyl (C=O) groups excluding carboxylic acids is 2. The predicted molar refractivity (Wildman–Crippen MR) is 59.1 cm³/mol. The van der Waals surface area contributed by atoms with Gasteiger partial charge in [0.15, 0.2) is 0 Å². The third-order valence-corrected chi connectivity index (χ3v) is 1.94. The lowest BCUT2D eigenvalue weighted by Gasteiger charge is -2.05. The van der Waals surface area contributed by atoms with Gasteiger partial charge < -0.3 is 10.6 Å². The average molecular weight is 254 g/mol. The van der Waals surface area contributed by atoms with Crippen molar-refractivity contribution in [1.29, 1.82) is 0 Å². The summed E-state index contributed by atoms with van der Waals surface area (Å²) in [5.74, 6) is 0. The summed E-state index contributed by atoms with van der Waals surface area (Å²) in [5, 5.41) is 25.4. The van der Waals surface area contributed by atoms with Crippen molar-refractivity contribution in [2.75, 3.05) is 10.6 Å². The molecule has 0 spiro atoms. The molecule has 10 heteroatoms. The Labute approximate surface area is 98.9 Å². The molecule has 1 aromatic rings. The fraction of sp³-hybridized carbons (Fsp3) is 0. The standard InChI is InChI=1S/C8H6N4O6/c13-3-9-5-1-6(10-4-14)8(12(17)18)2-7(5)11(15)16/h1-4H,(H,9,13)(H,10,14). The van der Waals surface area contributed by atoms with E-state index in [9.17, 15) is 29.8 Å². The topological polar surface area (TPSA) is 144 Å². The molecule has 0 aromatic heterocycles. The van der Waals surface area contributed by atoms with E-state index in [0.29, 0.717) is 6.07 Å². The summed E-state index contributed by atoms with van der Waals surface area (Å²) in [4.78, 5) is 40.1. The molecule has 0 heterocycles. The molecule has 0 unspecified atom stereocenters. The van der Waals surface area contributed by atoms with E-state index in [0.717, 1.165) is 6.07 Å². The van der Waals surface area contributed by atoms with E-state index >= 15 is 0 Å². The molecule has 2 N–H and O–H groups in total. The second-order valence-electron chi connectivity index (χ2n) is 2.93. The van der Waals surface area contributed by atoms with Crippen LogP contribution in [0.15, 0.2) is 12.1 Å². The first-order valence-electron chi connectivity index (χ1n) is 4.38. The number of anilines is 2. The number of hydrogen-bond acceptors (Lipinski definition) is 6. The number of amides is 2. The number of nitro groups is 2. The van der Waals surface area contributed by atoms with Crippen LogP contribution in [0, 0.1) is 20.2 Å². The van der Waals surface area contributed by atoms with Gasteiger partial charge in [-0.25, -0.2) is 0 Å². The Morgan fingerprint density at radius 3 is 1.56 bits per heavy atom. The SMILES string of the molecule is O=CNc1cc(NC=O)c([N+](=O)[O-])cc1[N+](=O)[O-]. The molecule has 0 radical (unpaired) electrons. The smallest absolute Gasteiger partial charge is 0.299 e. The number of nitro benzene ring substituents is 2. The largest absolute Gasteiger partial charge is 0.323 e. The zero-order chi connectivity index (χ0) is 13.7. The fourth-order valence-corrected chi connectivity index (χ4v) is 1.24. The van der Waals surface area contributed by atoms with Gasteiger partial charge >= 0.3 is 0 Å².